The van der Waals surface area contributed by atoms with Crippen LogP contribution in [0, 0.1) is 5.82 Å². The molecular formula is C17H12FN3OS2. The van der Waals surface area contributed by atoms with Gasteiger partial charge in [-0.3, -0.25) is 10.1 Å². The Hall–Kier alpha value is -2.64. The Labute approximate surface area is 147 Å². The molecule has 0 fully saturated rings. The normalized spacial score (nSPS) is 10.2. The smallest absolute Gasteiger partial charge is 0.257 e. The highest BCUT2D eigenvalue weighted by molar-refractivity contribution is 7.80. The number of aromatic nitrogens is 1. The number of nitrogens with zero attached hydrogens (tertiary/aromatic N) is 1. The van der Waals surface area contributed by atoms with Crippen molar-refractivity contribution in [2.45, 2.75) is 0 Å². The third-order valence-corrected chi connectivity index (χ3v) is 4.07. The first-order chi connectivity index (χ1) is 11.6. The van der Waals surface area contributed by atoms with Crippen molar-refractivity contribution >= 4 is 39.7 Å². The van der Waals surface area contributed by atoms with Crippen LogP contribution in [-0.4, -0.2) is 16.0 Å². The minimum Gasteiger partial charge on any atom is -0.308 e. The Bertz CT molecular complexity index is 880. The predicted molar refractivity (Wildman–Crippen MR) is 97.6 cm³/mol. The third-order valence-electron chi connectivity index (χ3n) is 3.11. The Kier molecular flexibility index (Phi) is 4.93. The van der Waals surface area contributed by atoms with Crippen LogP contribution < -0.4 is 10.6 Å². The van der Waals surface area contributed by atoms with E-state index in [9.17, 15) is 9.18 Å². The van der Waals surface area contributed by atoms with Gasteiger partial charge in [-0.1, -0.05) is 36.4 Å². The Morgan fingerprint density at radius 3 is 2.67 bits per heavy atom. The number of carbonyl (C=O) groups excluding carboxylic acids is 1. The number of thiazole rings is 1. The number of hydrogen-bond acceptors (Lipinski definition) is 4. The van der Waals surface area contributed by atoms with Crippen molar-refractivity contribution in [2.24, 2.45) is 0 Å². The predicted octanol–water partition coefficient (Wildman–Crippen LogP) is 4.08. The van der Waals surface area contributed by atoms with Crippen LogP contribution in [0.5, 0.6) is 0 Å². The van der Waals surface area contributed by atoms with Gasteiger partial charge in [0.05, 0.1) is 5.69 Å². The summed E-state index contributed by atoms with van der Waals surface area (Å²) in [7, 11) is 0. The van der Waals surface area contributed by atoms with Crippen molar-refractivity contribution in [3.8, 4) is 11.3 Å². The monoisotopic (exact) mass is 357 g/mol. The quantitative estimate of drug-likeness (QED) is 0.694. The van der Waals surface area contributed by atoms with E-state index >= 15 is 0 Å². The SMILES string of the molecule is O=C(NC(=S)Nc1nc(-c2ccccc2)cs1)c1cccc(F)c1. The first-order valence-corrected chi connectivity index (χ1v) is 8.29. The molecule has 120 valence electrons. The van der Waals surface area contributed by atoms with Gasteiger partial charge in [0, 0.05) is 16.5 Å². The number of halogens is 1. The summed E-state index contributed by atoms with van der Waals surface area (Å²) in [6.07, 6.45) is 0. The van der Waals surface area contributed by atoms with Gasteiger partial charge in [0.2, 0.25) is 0 Å². The highest BCUT2D eigenvalue weighted by Gasteiger charge is 2.10. The van der Waals surface area contributed by atoms with Crippen LogP contribution in [0.4, 0.5) is 9.52 Å². The van der Waals surface area contributed by atoms with Gasteiger partial charge < -0.3 is 5.32 Å². The molecular weight excluding hydrogens is 345 g/mol. The van der Waals surface area contributed by atoms with E-state index in [-0.39, 0.29) is 10.7 Å². The average molecular weight is 357 g/mol. The fourth-order valence-corrected chi connectivity index (χ4v) is 2.98. The molecule has 0 saturated carbocycles. The number of nitrogens with one attached hydrogen (secondary N) is 2. The molecule has 2 aromatic carbocycles. The van der Waals surface area contributed by atoms with E-state index in [0.717, 1.165) is 17.3 Å². The maximum Gasteiger partial charge on any atom is 0.257 e. The van der Waals surface area contributed by atoms with E-state index in [1.165, 1.54) is 29.5 Å². The van der Waals surface area contributed by atoms with Crippen LogP contribution >= 0.6 is 23.6 Å². The van der Waals surface area contributed by atoms with E-state index in [4.69, 9.17) is 12.2 Å². The molecule has 2 N–H and O–H groups in total. The summed E-state index contributed by atoms with van der Waals surface area (Å²) in [5.41, 5.74) is 2.02. The maximum absolute atomic E-state index is 13.1. The van der Waals surface area contributed by atoms with Gasteiger partial charge in [-0.25, -0.2) is 9.37 Å². The molecule has 4 nitrogen and oxygen atoms in total. The summed E-state index contributed by atoms with van der Waals surface area (Å²) in [5, 5.41) is 7.94. The van der Waals surface area contributed by atoms with Crippen LogP contribution in [0.25, 0.3) is 11.3 Å². The number of anilines is 1. The standard InChI is InChI=1S/C17H12FN3OS2/c18-13-8-4-7-12(9-13)15(22)20-16(23)21-17-19-14(10-24-17)11-5-2-1-3-6-11/h1-10H,(H2,19,20,21,22,23). The zero-order valence-corrected chi connectivity index (χ0v) is 14.0. The fourth-order valence-electron chi connectivity index (χ4n) is 2.01. The molecule has 0 bridgehead atoms. The average Bonchev–Trinajstić information content (AvgIpc) is 3.04. The van der Waals surface area contributed by atoms with Crippen LogP contribution in [0.3, 0.4) is 0 Å². The zero-order chi connectivity index (χ0) is 16.9. The number of benzene rings is 2. The fraction of sp³-hybridized carbons (Fsp3) is 0. The number of carbonyl (C=O) groups is 1. The summed E-state index contributed by atoms with van der Waals surface area (Å²) in [5.74, 6) is -0.958. The molecule has 1 aromatic heterocycles. The van der Waals surface area contributed by atoms with Crippen LogP contribution in [0.15, 0.2) is 60.0 Å². The summed E-state index contributed by atoms with van der Waals surface area (Å²) in [6, 6.07) is 15.1. The Morgan fingerprint density at radius 1 is 1.12 bits per heavy atom. The molecule has 0 radical (unpaired) electrons. The topological polar surface area (TPSA) is 54.0 Å². The zero-order valence-electron chi connectivity index (χ0n) is 12.3. The molecule has 0 aliphatic carbocycles. The van der Waals surface area contributed by atoms with Crippen LogP contribution in [-0.2, 0) is 0 Å². The van der Waals surface area contributed by atoms with Gasteiger partial charge in [0.1, 0.15) is 5.82 Å². The first kappa shape index (κ1) is 16.2. The number of hydrogen-bond donors (Lipinski definition) is 2. The molecule has 0 spiro atoms. The molecule has 7 heteroatoms. The molecule has 0 unspecified atom stereocenters. The lowest BCUT2D eigenvalue weighted by atomic mass is 10.2. The van der Waals surface area contributed by atoms with Crippen molar-refractivity contribution < 1.29 is 9.18 Å². The maximum atomic E-state index is 13.1. The van der Waals surface area contributed by atoms with Crippen molar-refractivity contribution in [2.75, 3.05) is 5.32 Å². The van der Waals surface area contributed by atoms with Gasteiger partial charge in [-0.05, 0) is 30.4 Å². The van der Waals surface area contributed by atoms with Crippen molar-refractivity contribution in [1.29, 1.82) is 0 Å². The highest BCUT2D eigenvalue weighted by Crippen LogP contribution is 2.24. The van der Waals surface area contributed by atoms with E-state index in [2.05, 4.69) is 15.6 Å². The van der Waals surface area contributed by atoms with Gasteiger partial charge in [0.25, 0.3) is 5.91 Å². The second kappa shape index (κ2) is 7.29. The van der Waals surface area contributed by atoms with Crippen LogP contribution in [0.1, 0.15) is 10.4 Å². The Balaban J connectivity index is 1.63. The largest absolute Gasteiger partial charge is 0.308 e. The summed E-state index contributed by atoms with van der Waals surface area (Å²) in [6.45, 7) is 0. The molecule has 24 heavy (non-hydrogen) atoms. The molecule has 3 rings (SSSR count). The Morgan fingerprint density at radius 2 is 1.92 bits per heavy atom. The van der Waals surface area contributed by atoms with E-state index in [1.807, 2.05) is 35.7 Å². The summed E-state index contributed by atoms with van der Waals surface area (Å²) < 4.78 is 13.1. The first-order valence-electron chi connectivity index (χ1n) is 7.00. The summed E-state index contributed by atoms with van der Waals surface area (Å²) in [4.78, 5) is 16.4. The molecule has 0 atom stereocenters. The lowest BCUT2D eigenvalue weighted by molar-refractivity contribution is 0.0977. The lowest BCUT2D eigenvalue weighted by Gasteiger charge is -2.07. The van der Waals surface area contributed by atoms with E-state index in [0.29, 0.717) is 5.13 Å². The van der Waals surface area contributed by atoms with Crippen molar-refractivity contribution in [1.82, 2.24) is 10.3 Å². The minimum atomic E-state index is -0.480. The van der Waals surface area contributed by atoms with E-state index in [1.54, 1.807) is 0 Å². The molecule has 1 heterocycles. The van der Waals surface area contributed by atoms with Crippen LogP contribution in [0.2, 0.25) is 0 Å². The molecule has 0 aliphatic rings. The van der Waals surface area contributed by atoms with E-state index < -0.39 is 11.7 Å². The number of amides is 1. The van der Waals surface area contributed by atoms with Gasteiger partial charge in [-0.15, -0.1) is 11.3 Å². The molecule has 3 aromatic rings. The van der Waals surface area contributed by atoms with Gasteiger partial charge in [-0.2, -0.15) is 0 Å². The second-order valence-corrected chi connectivity index (χ2v) is 6.09. The molecule has 0 aliphatic heterocycles. The molecule has 1 amide bonds. The van der Waals surface area contributed by atoms with Crippen molar-refractivity contribution in [3.63, 3.8) is 0 Å². The highest BCUT2D eigenvalue weighted by atomic mass is 32.1. The second-order valence-electron chi connectivity index (χ2n) is 4.82. The minimum absolute atomic E-state index is 0.109. The third kappa shape index (κ3) is 4.01. The van der Waals surface area contributed by atoms with Gasteiger partial charge >= 0.3 is 0 Å². The summed E-state index contributed by atoms with van der Waals surface area (Å²) >= 11 is 6.48. The molecule has 0 saturated heterocycles. The lowest BCUT2D eigenvalue weighted by Crippen LogP contribution is -2.34. The number of rotatable bonds is 3. The number of thiocarbonyl (C=S) groups is 1. The van der Waals surface area contributed by atoms with Gasteiger partial charge in [0.15, 0.2) is 10.2 Å². The van der Waals surface area contributed by atoms with Crippen molar-refractivity contribution in [3.05, 3.63) is 71.4 Å².